The molecule has 2 aliphatic rings. The summed E-state index contributed by atoms with van der Waals surface area (Å²) in [7, 11) is 0. The topological polar surface area (TPSA) is 109 Å². The van der Waals surface area contributed by atoms with Crippen LogP contribution in [0, 0.1) is 6.92 Å². The predicted octanol–water partition coefficient (Wildman–Crippen LogP) is 6.54. The maximum atomic E-state index is 13.6. The highest BCUT2D eigenvalue weighted by molar-refractivity contribution is 7.09. The van der Waals surface area contributed by atoms with E-state index < -0.39 is 11.4 Å². The van der Waals surface area contributed by atoms with E-state index >= 15 is 0 Å². The number of aryl methyl sites for hydroxylation is 2. The number of carboxylic acid groups (broad SMARTS) is 1. The van der Waals surface area contributed by atoms with Gasteiger partial charge < -0.3 is 9.67 Å². The summed E-state index contributed by atoms with van der Waals surface area (Å²) in [5.41, 5.74) is 2.91. The standard InChI is InChI=1S/C33H41N5O4S/c1-4-6-10-29-34-19-27(37(29)20-24-11-13-25(14-12-24)33(31(40)41)15-8-9-16-33)18-28-30(39)36(17-7-5-2)32(42)38(28)21-26-22-43-23(3)35-26/h11-14,18-19,22H,4-10,15-17,20-21H2,1-3H3,(H,40,41)/b28-18+. The van der Waals surface area contributed by atoms with Crippen molar-refractivity contribution in [2.45, 2.75) is 97.1 Å². The van der Waals surface area contributed by atoms with E-state index in [0.29, 0.717) is 31.6 Å². The van der Waals surface area contributed by atoms with Crippen molar-refractivity contribution in [2.75, 3.05) is 6.54 Å². The number of carbonyl (C=O) groups excluding carboxylic acids is 2. The number of unbranched alkanes of at least 4 members (excludes halogenated alkanes) is 2. The van der Waals surface area contributed by atoms with Gasteiger partial charge in [0.2, 0.25) is 0 Å². The second-order valence-corrected chi connectivity index (χ2v) is 12.7. The van der Waals surface area contributed by atoms with Crippen molar-refractivity contribution < 1.29 is 19.5 Å². The molecule has 1 saturated carbocycles. The summed E-state index contributed by atoms with van der Waals surface area (Å²) in [4.78, 5) is 51.5. The van der Waals surface area contributed by atoms with Crippen LogP contribution in [0.5, 0.6) is 0 Å². The van der Waals surface area contributed by atoms with Gasteiger partial charge in [0.1, 0.15) is 11.5 Å². The normalized spacial score (nSPS) is 17.5. The van der Waals surface area contributed by atoms with Crippen molar-refractivity contribution in [3.05, 3.63) is 74.9 Å². The van der Waals surface area contributed by atoms with E-state index in [0.717, 1.165) is 78.3 Å². The van der Waals surface area contributed by atoms with Gasteiger partial charge in [0.05, 0.1) is 34.6 Å². The first-order chi connectivity index (χ1) is 20.8. The number of imide groups is 1. The van der Waals surface area contributed by atoms with Gasteiger partial charge in [-0.1, -0.05) is 63.8 Å². The zero-order valence-electron chi connectivity index (χ0n) is 25.3. The first-order valence-corrected chi connectivity index (χ1v) is 16.3. The molecule has 2 aromatic heterocycles. The highest BCUT2D eigenvalue weighted by Gasteiger charge is 2.43. The summed E-state index contributed by atoms with van der Waals surface area (Å²) in [5.74, 6) is -0.130. The fraction of sp³-hybridized carbons (Fsp3) is 0.485. The number of carbonyl (C=O) groups is 3. The van der Waals surface area contributed by atoms with Crippen LogP contribution in [0.3, 0.4) is 0 Å². The van der Waals surface area contributed by atoms with Gasteiger partial charge in [-0.25, -0.2) is 14.8 Å². The third-order valence-corrected chi connectivity index (χ3v) is 9.48. The quantitative estimate of drug-likeness (QED) is 0.176. The minimum absolute atomic E-state index is 0.229. The number of amides is 3. The molecular weight excluding hydrogens is 562 g/mol. The van der Waals surface area contributed by atoms with E-state index in [1.165, 1.54) is 21.1 Å². The summed E-state index contributed by atoms with van der Waals surface area (Å²) < 4.78 is 2.11. The monoisotopic (exact) mass is 603 g/mol. The number of rotatable bonds is 13. The average Bonchev–Trinajstić information content (AvgIpc) is 3.78. The van der Waals surface area contributed by atoms with E-state index in [2.05, 4.69) is 16.5 Å². The number of urea groups is 1. The highest BCUT2D eigenvalue weighted by atomic mass is 32.1. The third-order valence-electron chi connectivity index (χ3n) is 8.66. The number of imidazole rings is 1. The molecule has 2 fully saturated rings. The van der Waals surface area contributed by atoms with Crippen molar-refractivity contribution in [1.29, 1.82) is 0 Å². The lowest BCUT2D eigenvalue weighted by atomic mass is 9.79. The Bertz CT molecular complexity index is 1500. The highest BCUT2D eigenvalue weighted by Crippen LogP contribution is 2.41. The molecule has 1 aromatic carbocycles. The molecule has 0 radical (unpaired) electrons. The molecule has 0 spiro atoms. The van der Waals surface area contributed by atoms with Gasteiger partial charge in [-0.15, -0.1) is 11.3 Å². The Kier molecular flexibility index (Phi) is 9.44. The van der Waals surface area contributed by atoms with Gasteiger partial charge in [-0.05, 0) is 49.8 Å². The second kappa shape index (κ2) is 13.2. The van der Waals surface area contributed by atoms with Crippen LogP contribution in [-0.4, -0.2) is 53.9 Å². The van der Waals surface area contributed by atoms with E-state index in [1.807, 2.05) is 43.5 Å². The SMILES string of the molecule is CCCCc1ncc(/C=C2\C(=O)N(CCCC)C(=O)N2Cc2csc(C)n2)n1Cc1ccc(C2(C(=O)O)CCCC2)cc1. The summed E-state index contributed by atoms with van der Waals surface area (Å²) in [6.07, 6.45) is 11.2. The number of aromatic nitrogens is 3. The molecule has 3 amide bonds. The number of thiazole rings is 1. The first-order valence-electron chi connectivity index (χ1n) is 15.4. The van der Waals surface area contributed by atoms with Crippen LogP contribution in [0.15, 0.2) is 41.5 Å². The minimum atomic E-state index is -0.798. The van der Waals surface area contributed by atoms with Gasteiger partial charge in [-0.3, -0.25) is 19.4 Å². The number of aliphatic carboxylic acids is 1. The molecule has 3 heterocycles. The zero-order valence-corrected chi connectivity index (χ0v) is 26.2. The lowest BCUT2D eigenvalue weighted by Crippen LogP contribution is -2.33. The van der Waals surface area contributed by atoms with Crippen LogP contribution >= 0.6 is 11.3 Å². The van der Waals surface area contributed by atoms with E-state index in [4.69, 9.17) is 4.98 Å². The predicted molar refractivity (Wildman–Crippen MR) is 167 cm³/mol. The second-order valence-electron chi connectivity index (χ2n) is 11.6. The van der Waals surface area contributed by atoms with Crippen molar-refractivity contribution in [2.24, 2.45) is 0 Å². The number of hydrogen-bond donors (Lipinski definition) is 1. The van der Waals surface area contributed by atoms with Gasteiger partial charge in [0.15, 0.2) is 0 Å². The Morgan fingerprint density at radius 2 is 1.77 bits per heavy atom. The van der Waals surface area contributed by atoms with Crippen LogP contribution in [-0.2, 0) is 34.5 Å². The van der Waals surface area contributed by atoms with Crippen LogP contribution in [0.25, 0.3) is 6.08 Å². The van der Waals surface area contributed by atoms with E-state index in [-0.39, 0.29) is 18.5 Å². The molecule has 0 unspecified atom stereocenters. The van der Waals surface area contributed by atoms with Gasteiger partial charge in [-0.2, -0.15) is 0 Å². The molecule has 1 aliphatic carbocycles. The lowest BCUT2D eigenvalue weighted by Gasteiger charge is -2.24. The molecule has 0 atom stereocenters. The summed E-state index contributed by atoms with van der Waals surface area (Å²) in [6, 6.07) is 7.61. The summed E-state index contributed by atoms with van der Waals surface area (Å²) in [6.45, 7) is 7.23. The minimum Gasteiger partial charge on any atom is -0.481 e. The van der Waals surface area contributed by atoms with Crippen LogP contribution in [0.4, 0.5) is 4.79 Å². The number of nitrogens with zero attached hydrogens (tertiary/aromatic N) is 5. The fourth-order valence-corrected chi connectivity index (χ4v) is 6.76. The maximum Gasteiger partial charge on any atom is 0.332 e. The Morgan fingerprint density at radius 3 is 2.40 bits per heavy atom. The fourth-order valence-electron chi connectivity index (χ4n) is 6.16. The van der Waals surface area contributed by atoms with Crippen LogP contribution < -0.4 is 0 Å². The van der Waals surface area contributed by atoms with Crippen molar-refractivity contribution in [3.63, 3.8) is 0 Å². The third kappa shape index (κ3) is 6.30. The number of carboxylic acids is 1. The van der Waals surface area contributed by atoms with Crippen LogP contribution in [0.1, 0.15) is 98.6 Å². The molecule has 1 aliphatic heterocycles. The summed E-state index contributed by atoms with van der Waals surface area (Å²) >= 11 is 1.52. The Balaban J connectivity index is 1.49. The van der Waals surface area contributed by atoms with E-state index in [9.17, 15) is 19.5 Å². The van der Waals surface area contributed by atoms with E-state index in [1.54, 1.807) is 12.3 Å². The molecule has 9 nitrogen and oxygen atoms in total. The number of benzene rings is 1. The van der Waals surface area contributed by atoms with Crippen molar-refractivity contribution >= 4 is 35.3 Å². The molecule has 5 rings (SSSR count). The first kappa shape index (κ1) is 30.7. The number of hydrogen-bond acceptors (Lipinski definition) is 6. The van der Waals surface area contributed by atoms with Crippen molar-refractivity contribution in [3.8, 4) is 0 Å². The average molecular weight is 604 g/mol. The summed E-state index contributed by atoms with van der Waals surface area (Å²) in [5, 5.41) is 12.9. The van der Waals surface area contributed by atoms with Gasteiger partial charge >= 0.3 is 12.0 Å². The lowest BCUT2D eigenvalue weighted by molar-refractivity contribution is -0.143. The molecular formula is C33H41N5O4S. The zero-order chi connectivity index (χ0) is 30.6. The molecule has 3 aromatic rings. The molecule has 228 valence electrons. The van der Waals surface area contributed by atoms with Gasteiger partial charge in [0.25, 0.3) is 5.91 Å². The Morgan fingerprint density at radius 1 is 1.05 bits per heavy atom. The molecule has 1 N–H and O–H groups in total. The molecule has 1 saturated heterocycles. The van der Waals surface area contributed by atoms with Crippen LogP contribution in [0.2, 0.25) is 0 Å². The Labute approximate surface area is 257 Å². The maximum absolute atomic E-state index is 13.6. The largest absolute Gasteiger partial charge is 0.481 e. The smallest absolute Gasteiger partial charge is 0.332 e. The van der Waals surface area contributed by atoms with Gasteiger partial charge in [0, 0.05) is 24.9 Å². The molecule has 0 bridgehead atoms. The molecule has 43 heavy (non-hydrogen) atoms. The van der Waals surface area contributed by atoms with Crippen molar-refractivity contribution in [1.82, 2.24) is 24.3 Å². The molecule has 10 heteroatoms. The Hall–Kier alpha value is -3.79.